The van der Waals surface area contributed by atoms with Crippen molar-refractivity contribution in [3.8, 4) is 0 Å². The summed E-state index contributed by atoms with van der Waals surface area (Å²) in [4.78, 5) is 10.4. The molecule has 0 aliphatic rings. The maximum Gasteiger partial charge on any atom is 0.335 e. The topological polar surface area (TPSA) is 63.3 Å². The Morgan fingerprint density at radius 2 is 1.53 bits per heavy atom. The van der Waals surface area contributed by atoms with Gasteiger partial charge in [-0.1, -0.05) is 53.1 Å². The highest BCUT2D eigenvalue weighted by Crippen LogP contribution is 2.19. The average Bonchev–Trinajstić information content (AvgIpc) is 2.39. The Morgan fingerprint density at radius 3 is 1.82 bits per heavy atom. The molecule has 100 valence electrons. The standard InChI is InChI=1S/C7H6ClNO2.3C2H6/c8-5-2-1-4(7(10)11)3-6(5)9;3*1-2/h1-3H,9H2,(H,10,11);3*1-2H3. The summed E-state index contributed by atoms with van der Waals surface area (Å²) < 4.78 is 0. The molecule has 0 amide bonds. The third kappa shape index (κ3) is 9.69. The quantitative estimate of drug-likeness (QED) is 0.720. The van der Waals surface area contributed by atoms with Gasteiger partial charge in [-0.2, -0.15) is 0 Å². The van der Waals surface area contributed by atoms with E-state index in [1.165, 1.54) is 18.2 Å². The number of benzene rings is 1. The zero-order valence-electron chi connectivity index (χ0n) is 11.5. The first-order valence-corrected chi connectivity index (χ1v) is 6.27. The molecule has 0 spiro atoms. The van der Waals surface area contributed by atoms with E-state index < -0.39 is 5.97 Å². The zero-order valence-corrected chi connectivity index (χ0v) is 12.3. The maximum absolute atomic E-state index is 10.4. The minimum absolute atomic E-state index is 0.145. The lowest BCUT2D eigenvalue weighted by Gasteiger charge is -1.97. The molecule has 0 atom stereocenters. The molecule has 3 N–H and O–H groups in total. The van der Waals surface area contributed by atoms with Crippen molar-refractivity contribution in [2.75, 3.05) is 5.73 Å². The predicted octanol–water partition coefficient (Wildman–Crippen LogP) is 4.70. The fourth-order valence-corrected chi connectivity index (χ4v) is 0.794. The molecule has 0 radical (unpaired) electrons. The number of anilines is 1. The Labute approximate surface area is 110 Å². The Morgan fingerprint density at radius 1 is 1.12 bits per heavy atom. The monoisotopic (exact) mass is 261 g/mol. The number of carbonyl (C=O) groups is 1. The third-order valence-corrected chi connectivity index (χ3v) is 1.59. The van der Waals surface area contributed by atoms with Crippen LogP contribution in [0.25, 0.3) is 0 Å². The Bertz CT molecular complexity index is 301. The van der Waals surface area contributed by atoms with Crippen LogP contribution in [0.5, 0.6) is 0 Å². The summed E-state index contributed by atoms with van der Waals surface area (Å²) in [5, 5.41) is 8.87. The largest absolute Gasteiger partial charge is 0.478 e. The molecule has 3 nitrogen and oxygen atoms in total. The molecule has 0 aromatic heterocycles. The lowest BCUT2D eigenvalue weighted by Crippen LogP contribution is -1.97. The highest BCUT2D eigenvalue weighted by Gasteiger charge is 2.03. The van der Waals surface area contributed by atoms with Crippen LogP contribution in [0.4, 0.5) is 5.69 Å². The maximum atomic E-state index is 10.4. The number of carboxylic acids is 1. The van der Waals surface area contributed by atoms with Crippen LogP contribution in [0.2, 0.25) is 5.02 Å². The molecular weight excluding hydrogens is 238 g/mol. The number of carboxylic acid groups (broad SMARTS) is 1. The van der Waals surface area contributed by atoms with Gasteiger partial charge >= 0.3 is 5.97 Å². The molecule has 0 saturated heterocycles. The second-order valence-electron chi connectivity index (χ2n) is 2.04. The van der Waals surface area contributed by atoms with E-state index in [-0.39, 0.29) is 11.3 Å². The number of halogens is 1. The van der Waals surface area contributed by atoms with Crippen molar-refractivity contribution in [1.82, 2.24) is 0 Å². The first-order valence-electron chi connectivity index (χ1n) is 5.89. The second-order valence-corrected chi connectivity index (χ2v) is 2.45. The smallest absolute Gasteiger partial charge is 0.335 e. The summed E-state index contributed by atoms with van der Waals surface area (Å²) in [5.41, 5.74) is 5.79. The Hall–Kier alpha value is -1.22. The van der Waals surface area contributed by atoms with Gasteiger partial charge in [-0.15, -0.1) is 0 Å². The van der Waals surface area contributed by atoms with Crippen LogP contribution in [0.3, 0.4) is 0 Å². The third-order valence-electron chi connectivity index (χ3n) is 1.24. The van der Waals surface area contributed by atoms with E-state index in [2.05, 4.69) is 0 Å². The van der Waals surface area contributed by atoms with E-state index in [9.17, 15) is 4.79 Å². The number of aromatic carboxylic acids is 1. The molecule has 0 saturated carbocycles. The van der Waals surface area contributed by atoms with E-state index in [0.717, 1.165) is 0 Å². The van der Waals surface area contributed by atoms with Gasteiger partial charge in [0.25, 0.3) is 0 Å². The van der Waals surface area contributed by atoms with Gasteiger partial charge in [-0.05, 0) is 18.2 Å². The van der Waals surface area contributed by atoms with Crippen LogP contribution in [0.1, 0.15) is 51.9 Å². The lowest BCUT2D eigenvalue weighted by molar-refractivity contribution is 0.0697. The van der Waals surface area contributed by atoms with E-state index in [1.807, 2.05) is 41.5 Å². The molecule has 0 aliphatic heterocycles. The molecule has 4 heteroatoms. The number of nitrogen functional groups attached to an aromatic ring is 1. The molecule has 0 unspecified atom stereocenters. The molecule has 0 fully saturated rings. The van der Waals surface area contributed by atoms with Gasteiger partial charge < -0.3 is 10.8 Å². The SMILES string of the molecule is CC.CC.CC.Nc1cc(C(=O)O)ccc1Cl. The van der Waals surface area contributed by atoms with E-state index >= 15 is 0 Å². The van der Waals surface area contributed by atoms with Crippen LogP contribution in [-0.4, -0.2) is 11.1 Å². The van der Waals surface area contributed by atoms with Gasteiger partial charge in [0.1, 0.15) is 0 Å². The predicted molar refractivity (Wildman–Crippen MR) is 76.9 cm³/mol. The molecule has 1 aromatic rings. The van der Waals surface area contributed by atoms with Crippen LogP contribution < -0.4 is 5.73 Å². The summed E-state index contributed by atoms with van der Waals surface area (Å²) >= 11 is 5.57. The fourth-order valence-electron chi connectivity index (χ4n) is 0.677. The van der Waals surface area contributed by atoms with E-state index in [1.54, 1.807) is 0 Å². The summed E-state index contributed by atoms with van der Waals surface area (Å²) in [7, 11) is 0. The molecule has 0 aliphatic carbocycles. The van der Waals surface area contributed by atoms with Crippen molar-refractivity contribution in [2.24, 2.45) is 0 Å². The summed E-state index contributed by atoms with van der Waals surface area (Å²) in [6.45, 7) is 12.0. The van der Waals surface area contributed by atoms with Crippen LogP contribution in [-0.2, 0) is 0 Å². The minimum atomic E-state index is -1.01. The van der Waals surface area contributed by atoms with Crippen molar-refractivity contribution < 1.29 is 9.90 Å². The minimum Gasteiger partial charge on any atom is -0.478 e. The first-order chi connectivity index (χ1) is 8.11. The van der Waals surface area contributed by atoms with Crippen LogP contribution >= 0.6 is 11.6 Å². The van der Waals surface area contributed by atoms with Crippen molar-refractivity contribution in [3.05, 3.63) is 28.8 Å². The highest BCUT2D eigenvalue weighted by molar-refractivity contribution is 6.33. The van der Waals surface area contributed by atoms with Gasteiger partial charge in [0.05, 0.1) is 16.3 Å². The van der Waals surface area contributed by atoms with Crippen molar-refractivity contribution in [1.29, 1.82) is 0 Å². The molecule has 0 bridgehead atoms. The number of nitrogens with two attached hydrogens (primary N) is 1. The molecule has 1 rings (SSSR count). The molecule has 1 aromatic carbocycles. The number of hydrogen-bond donors (Lipinski definition) is 2. The van der Waals surface area contributed by atoms with Gasteiger partial charge in [0.15, 0.2) is 0 Å². The van der Waals surface area contributed by atoms with Crippen molar-refractivity contribution in [3.63, 3.8) is 0 Å². The molecular formula is C13H24ClNO2. The van der Waals surface area contributed by atoms with Gasteiger partial charge in [-0.3, -0.25) is 0 Å². The highest BCUT2D eigenvalue weighted by atomic mass is 35.5. The summed E-state index contributed by atoms with van der Waals surface area (Å²) in [6, 6.07) is 4.19. The number of hydrogen-bond acceptors (Lipinski definition) is 2. The zero-order chi connectivity index (χ0) is 14.4. The van der Waals surface area contributed by atoms with E-state index in [0.29, 0.717) is 5.02 Å². The van der Waals surface area contributed by atoms with Gasteiger partial charge in [0, 0.05) is 0 Å². The first kappa shape index (κ1) is 21.1. The average molecular weight is 262 g/mol. The summed E-state index contributed by atoms with van der Waals surface area (Å²) in [6.07, 6.45) is 0. The van der Waals surface area contributed by atoms with Crippen LogP contribution in [0, 0.1) is 0 Å². The lowest BCUT2D eigenvalue weighted by atomic mass is 10.2. The Balaban J connectivity index is -0.000000285. The summed E-state index contributed by atoms with van der Waals surface area (Å²) in [5.74, 6) is -1.01. The number of rotatable bonds is 1. The molecule has 17 heavy (non-hydrogen) atoms. The van der Waals surface area contributed by atoms with Crippen LogP contribution in [0.15, 0.2) is 18.2 Å². The Kier molecular flexibility index (Phi) is 18.3. The molecule has 0 heterocycles. The van der Waals surface area contributed by atoms with Gasteiger partial charge in [0.2, 0.25) is 0 Å². The van der Waals surface area contributed by atoms with Crippen molar-refractivity contribution in [2.45, 2.75) is 41.5 Å². The normalized spacial score (nSPS) is 7.24. The van der Waals surface area contributed by atoms with E-state index in [4.69, 9.17) is 22.4 Å². The van der Waals surface area contributed by atoms with Crippen molar-refractivity contribution >= 4 is 23.3 Å². The fraction of sp³-hybridized carbons (Fsp3) is 0.462. The second kappa shape index (κ2) is 14.8. The van der Waals surface area contributed by atoms with Gasteiger partial charge in [-0.25, -0.2) is 4.79 Å².